The molecule has 18 heavy (non-hydrogen) atoms. The minimum atomic E-state index is 0.365. The van der Waals surface area contributed by atoms with Crippen LogP contribution in [-0.4, -0.2) is 29.9 Å². The van der Waals surface area contributed by atoms with Crippen molar-refractivity contribution in [2.24, 2.45) is 17.6 Å². The van der Waals surface area contributed by atoms with Gasteiger partial charge in [0.1, 0.15) is 0 Å². The van der Waals surface area contributed by atoms with Crippen molar-refractivity contribution in [2.75, 3.05) is 13.1 Å². The zero-order valence-corrected chi connectivity index (χ0v) is 11.7. The third-order valence-electron chi connectivity index (χ3n) is 4.94. The molecule has 2 N–H and O–H groups in total. The first kappa shape index (κ1) is 13.9. The highest BCUT2D eigenvalue weighted by Crippen LogP contribution is 2.35. The van der Waals surface area contributed by atoms with Crippen molar-refractivity contribution in [3.63, 3.8) is 0 Å². The number of fused-ring (bicyclic) bond motifs is 1. The largest absolute Gasteiger partial charge is 0.339 e. The molecule has 1 aliphatic heterocycles. The second kappa shape index (κ2) is 6.55. The molecule has 2 rings (SSSR count). The third kappa shape index (κ3) is 3.05. The molecule has 1 amide bonds. The van der Waals surface area contributed by atoms with Gasteiger partial charge in [-0.05, 0) is 44.1 Å². The number of amides is 1. The number of carbonyl (C=O) groups excluding carboxylic acids is 1. The highest BCUT2D eigenvalue weighted by atomic mass is 16.2. The van der Waals surface area contributed by atoms with Crippen LogP contribution in [0.15, 0.2) is 0 Å². The molecule has 0 radical (unpaired) electrons. The van der Waals surface area contributed by atoms with Crippen molar-refractivity contribution in [1.29, 1.82) is 0 Å². The monoisotopic (exact) mass is 252 g/mol. The van der Waals surface area contributed by atoms with Gasteiger partial charge in [0.15, 0.2) is 0 Å². The Bertz CT molecular complexity index is 274. The summed E-state index contributed by atoms with van der Waals surface area (Å²) in [5.41, 5.74) is 5.72. The molecule has 3 atom stereocenters. The molecule has 104 valence electrons. The maximum Gasteiger partial charge on any atom is 0.223 e. The van der Waals surface area contributed by atoms with E-state index in [1.165, 1.54) is 38.5 Å². The molecule has 0 bridgehead atoms. The average molecular weight is 252 g/mol. The van der Waals surface area contributed by atoms with E-state index in [1.54, 1.807) is 0 Å². The van der Waals surface area contributed by atoms with E-state index < -0.39 is 0 Å². The summed E-state index contributed by atoms with van der Waals surface area (Å²) in [6, 6.07) is 0.551. The Hall–Kier alpha value is -0.570. The standard InChI is InChI=1S/C15H28N2O/c1-2-12(11-16)10-15(18)17-9-5-7-13-6-3-4-8-14(13)17/h12-14H,2-11,16H2,1H3. The Morgan fingerprint density at radius 3 is 2.72 bits per heavy atom. The smallest absolute Gasteiger partial charge is 0.223 e. The molecule has 0 aromatic rings. The molecule has 3 nitrogen and oxygen atoms in total. The summed E-state index contributed by atoms with van der Waals surface area (Å²) >= 11 is 0. The van der Waals surface area contributed by atoms with Gasteiger partial charge in [0, 0.05) is 19.0 Å². The number of nitrogens with two attached hydrogens (primary N) is 1. The van der Waals surface area contributed by atoms with E-state index in [4.69, 9.17) is 5.73 Å². The van der Waals surface area contributed by atoms with Crippen LogP contribution in [0.2, 0.25) is 0 Å². The maximum atomic E-state index is 12.5. The van der Waals surface area contributed by atoms with Gasteiger partial charge in [-0.2, -0.15) is 0 Å². The van der Waals surface area contributed by atoms with Gasteiger partial charge in [-0.1, -0.05) is 26.2 Å². The fourth-order valence-corrected chi connectivity index (χ4v) is 3.69. The zero-order valence-electron chi connectivity index (χ0n) is 11.7. The molecule has 1 aliphatic carbocycles. The topological polar surface area (TPSA) is 46.3 Å². The highest BCUT2D eigenvalue weighted by molar-refractivity contribution is 5.77. The molecule has 0 aromatic carbocycles. The molecule has 3 unspecified atom stereocenters. The van der Waals surface area contributed by atoms with Crippen molar-refractivity contribution in [3.8, 4) is 0 Å². The van der Waals surface area contributed by atoms with Gasteiger partial charge < -0.3 is 10.6 Å². The fraction of sp³-hybridized carbons (Fsp3) is 0.933. The first-order valence-electron chi connectivity index (χ1n) is 7.75. The predicted octanol–water partition coefficient (Wildman–Crippen LogP) is 2.54. The number of nitrogens with zero attached hydrogens (tertiary/aromatic N) is 1. The highest BCUT2D eigenvalue weighted by Gasteiger charge is 2.35. The van der Waals surface area contributed by atoms with Crippen LogP contribution in [0.25, 0.3) is 0 Å². The molecular formula is C15H28N2O. The lowest BCUT2D eigenvalue weighted by Crippen LogP contribution is -2.50. The molecule has 0 aromatic heterocycles. The molecule has 1 saturated heterocycles. The summed E-state index contributed by atoms with van der Waals surface area (Å²) in [6.45, 7) is 3.76. The number of carbonyl (C=O) groups is 1. The normalized spacial score (nSPS) is 29.8. The van der Waals surface area contributed by atoms with Crippen LogP contribution >= 0.6 is 0 Å². The van der Waals surface area contributed by atoms with Gasteiger partial charge in [0.25, 0.3) is 0 Å². The third-order valence-corrected chi connectivity index (χ3v) is 4.94. The van der Waals surface area contributed by atoms with Crippen LogP contribution in [0.1, 0.15) is 58.3 Å². The lowest BCUT2D eigenvalue weighted by molar-refractivity contribution is -0.138. The first-order chi connectivity index (χ1) is 8.76. The van der Waals surface area contributed by atoms with Crippen molar-refractivity contribution in [1.82, 2.24) is 4.90 Å². The summed E-state index contributed by atoms with van der Waals surface area (Å²) in [6.07, 6.45) is 9.45. The van der Waals surface area contributed by atoms with Gasteiger partial charge in [0.2, 0.25) is 5.91 Å². The van der Waals surface area contributed by atoms with Gasteiger partial charge in [-0.25, -0.2) is 0 Å². The van der Waals surface area contributed by atoms with E-state index in [1.807, 2.05) is 0 Å². The maximum absolute atomic E-state index is 12.5. The van der Waals surface area contributed by atoms with Gasteiger partial charge in [0.05, 0.1) is 0 Å². The second-order valence-electron chi connectivity index (χ2n) is 6.06. The van der Waals surface area contributed by atoms with Crippen molar-refractivity contribution in [3.05, 3.63) is 0 Å². The predicted molar refractivity (Wildman–Crippen MR) is 74.1 cm³/mol. The van der Waals surface area contributed by atoms with Gasteiger partial charge in [-0.15, -0.1) is 0 Å². The van der Waals surface area contributed by atoms with E-state index >= 15 is 0 Å². The SMILES string of the molecule is CCC(CN)CC(=O)N1CCCC2CCCCC21. The van der Waals surface area contributed by atoms with Crippen molar-refractivity contribution in [2.45, 2.75) is 64.3 Å². The van der Waals surface area contributed by atoms with Crippen LogP contribution in [0, 0.1) is 11.8 Å². The minimum Gasteiger partial charge on any atom is -0.339 e. The second-order valence-corrected chi connectivity index (χ2v) is 6.06. The van der Waals surface area contributed by atoms with Gasteiger partial charge in [-0.3, -0.25) is 4.79 Å². The number of piperidine rings is 1. The van der Waals surface area contributed by atoms with Crippen molar-refractivity contribution >= 4 is 5.91 Å². The average Bonchev–Trinajstić information content (AvgIpc) is 2.43. The molecular weight excluding hydrogens is 224 g/mol. The lowest BCUT2D eigenvalue weighted by Gasteiger charge is -2.44. The quantitative estimate of drug-likeness (QED) is 0.835. The summed E-state index contributed by atoms with van der Waals surface area (Å²) in [4.78, 5) is 14.7. The summed E-state index contributed by atoms with van der Waals surface area (Å²) in [5, 5.41) is 0. The van der Waals surface area contributed by atoms with Crippen LogP contribution in [-0.2, 0) is 4.79 Å². The van der Waals surface area contributed by atoms with E-state index in [-0.39, 0.29) is 0 Å². The number of hydrogen-bond donors (Lipinski definition) is 1. The van der Waals surface area contributed by atoms with Crippen LogP contribution in [0.4, 0.5) is 0 Å². The first-order valence-corrected chi connectivity index (χ1v) is 7.75. The fourth-order valence-electron chi connectivity index (χ4n) is 3.69. The Morgan fingerprint density at radius 2 is 2.00 bits per heavy atom. The van der Waals surface area contributed by atoms with E-state index in [9.17, 15) is 4.79 Å². The van der Waals surface area contributed by atoms with E-state index in [0.29, 0.717) is 30.8 Å². The van der Waals surface area contributed by atoms with Crippen LogP contribution < -0.4 is 5.73 Å². The Balaban J connectivity index is 1.95. The Labute approximate surface area is 111 Å². The zero-order chi connectivity index (χ0) is 13.0. The number of likely N-dealkylation sites (tertiary alicyclic amines) is 1. The molecule has 0 spiro atoms. The summed E-state index contributed by atoms with van der Waals surface area (Å²) in [5.74, 6) is 1.53. The Morgan fingerprint density at radius 1 is 1.28 bits per heavy atom. The number of hydrogen-bond acceptors (Lipinski definition) is 2. The van der Waals surface area contributed by atoms with Crippen LogP contribution in [0.3, 0.4) is 0 Å². The van der Waals surface area contributed by atoms with E-state index in [0.717, 1.165) is 18.9 Å². The van der Waals surface area contributed by atoms with Gasteiger partial charge >= 0.3 is 0 Å². The Kier molecular flexibility index (Phi) is 5.04. The number of rotatable bonds is 4. The summed E-state index contributed by atoms with van der Waals surface area (Å²) in [7, 11) is 0. The lowest BCUT2D eigenvalue weighted by atomic mass is 9.78. The summed E-state index contributed by atoms with van der Waals surface area (Å²) < 4.78 is 0. The molecule has 1 heterocycles. The molecule has 2 aliphatic rings. The minimum absolute atomic E-state index is 0.365. The molecule has 1 saturated carbocycles. The molecule has 3 heteroatoms. The van der Waals surface area contributed by atoms with Crippen molar-refractivity contribution < 1.29 is 4.79 Å². The van der Waals surface area contributed by atoms with E-state index in [2.05, 4.69) is 11.8 Å². The van der Waals surface area contributed by atoms with Crippen LogP contribution in [0.5, 0.6) is 0 Å². The molecule has 2 fully saturated rings.